The first-order valence-corrected chi connectivity index (χ1v) is 6.01. The third-order valence-corrected chi connectivity index (χ3v) is 2.99. The number of imidazole rings is 1. The average Bonchev–Trinajstić information content (AvgIpc) is 2.81. The molecule has 0 atom stereocenters. The Hall–Kier alpha value is -1.94. The number of carbonyl (C=O) groups is 1. The van der Waals surface area contributed by atoms with E-state index in [9.17, 15) is 4.79 Å². The minimum absolute atomic E-state index is 0.0326. The fourth-order valence-electron chi connectivity index (χ4n) is 1.94. The van der Waals surface area contributed by atoms with E-state index in [-0.39, 0.29) is 5.91 Å². The Bertz CT molecular complexity index is 545. The van der Waals surface area contributed by atoms with Gasteiger partial charge in [0.15, 0.2) is 0 Å². The molecule has 0 bridgehead atoms. The molecular weight excluding hydrogens is 226 g/mol. The standard InChI is InChI=1S/C14H17N3O/c1-11-4-2-3-5-12(11)8-14(18)17-10-16-9-13(17)6-7-15/h2-5,9-10H,6-8,15H2,1H3. The number of carbonyl (C=O) groups excluding carboxylic acids is 1. The summed E-state index contributed by atoms with van der Waals surface area (Å²) in [7, 11) is 0. The van der Waals surface area contributed by atoms with E-state index in [1.807, 2.05) is 31.2 Å². The fourth-order valence-corrected chi connectivity index (χ4v) is 1.94. The lowest BCUT2D eigenvalue weighted by Gasteiger charge is -2.08. The van der Waals surface area contributed by atoms with Crippen LogP contribution in [0.25, 0.3) is 0 Å². The maximum Gasteiger partial charge on any atom is 0.236 e. The third-order valence-electron chi connectivity index (χ3n) is 2.99. The first-order chi connectivity index (χ1) is 8.72. The van der Waals surface area contributed by atoms with E-state index < -0.39 is 0 Å². The zero-order chi connectivity index (χ0) is 13.0. The summed E-state index contributed by atoms with van der Waals surface area (Å²) in [5.74, 6) is 0.0326. The number of aromatic nitrogens is 2. The van der Waals surface area contributed by atoms with Crippen LogP contribution in [-0.2, 0) is 12.8 Å². The Labute approximate surface area is 106 Å². The van der Waals surface area contributed by atoms with Crippen molar-refractivity contribution in [3.8, 4) is 0 Å². The summed E-state index contributed by atoms with van der Waals surface area (Å²) < 4.78 is 1.60. The van der Waals surface area contributed by atoms with Gasteiger partial charge in [0.2, 0.25) is 5.91 Å². The monoisotopic (exact) mass is 243 g/mol. The molecule has 2 aromatic rings. The molecule has 0 spiro atoms. The molecule has 0 radical (unpaired) electrons. The summed E-state index contributed by atoms with van der Waals surface area (Å²) in [5, 5.41) is 0. The summed E-state index contributed by atoms with van der Waals surface area (Å²) in [6.45, 7) is 2.53. The molecule has 4 nitrogen and oxygen atoms in total. The molecule has 1 aromatic carbocycles. The van der Waals surface area contributed by atoms with Crippen molar-refractivity contribution in [2.45, 2.75) is 19.8 Å². The predicted octanol–water partition coefficient (Wildman–Crippen LogP) is 1.58. The molecule has 18 heavy (non-hydrogen) atoms. The summed E-state index contributed by atoms with van der Waals surface area (Å²) >= 11 is 0. The second-order valence-electron chi connectivity index (χ2n) is 4.29. The quantitative estimate of drug-likeness (QED) is 0.886. The zero-order valence-electron chi connectivity index (χ0n) is 10.5. The van der Waals surface area contributed by atoms with Crippen molar-refractivity contribution in [2.75, 3.05) is 6.54 Å². The van der Waals surface area contributed by atoms with Crippen molar-refractivity contribution >= 4 is 5.91 Å². The summed E-state index contributed by atoms with van der Waals surface area (Å²) in [6.07, 6.45) is 4.31. The minimum Gasteiger partial charge on any atom is -0.330 e. The van der Waals surface area contributed by atoms with Crippen molar-refractivity contribution in [1.82, 2.24) is 9.55 Å². The summed E-state index contributed by atoms with van der Waals surface area (Å²) in [6, 6.07) is 7.91. The van der Waals surface area contributed by atoms with E-state index in [1.54, 1.807) is 17.1 Å². The van der Waals surface area contributed by atoms with Crippen molar-refractivity contribution in [3.05, 3.63) is 53.6 Å². The SMILES string of the molecule is Cc1ccccc1CC(=O)n1cncc1CCN. The van der Waals surface area contributed by atoms with Gasteiger partial charge in [-0.05, 0) is 24.6 Å². The molecule has 2 rings (SSSR count). The highest BCUT2D eigenvalue weighted by molar-refractivity contribution is 5.82. The molecule has 0 aliphatic carbocycles. The molecule has 0 saturated heterocycles. The van der Waals surface area contributed by atoms with Crippen LogP contribution in [0.5, 0.6) is 0 Å². The highest BCUT2D eigenvalue weighted by Crippen LogP contribution is 2.10. The van der Waals surface area contributed by atoms with Crippen LogP contribution >= 0.6 is 0 Å². The molecule has 0 amide bonds. The van der Waals surface area contributed by atoms with Crippen LogP contribution in [0.2, 0.25) is 0 Å². The van der Waals surface area contributed by atoms with Gasteiger partial charge in [0, 0.05) is 18.3 Å². The van der Waals surface area contributed by atoms with E-state index in [1.165, 1.54) is 0 Å². The molecule has 0 aliphatic rings. The normalized spacial score (nSPS) is 10.6. The highest BCUT2D eigenvalue weighted by Gasteiger charge is 2.11. The minimum atomic E-state index is 0.0326. The average molecular weight is 243 g/mol. The Morgan fingerprint density at radius 1 is 1.39 bits per heavy atom. The number of rotatable bonds is 4. The van der Waals surface area contributed by atoms with Gasteiger partial charge in [0.1, 0.15) is 6.33 Å². The van der Waals surface area contributed by atoms with Crippen LogP contribution in [0.4, 0.5) is 0 Å². The van der Waals surface area contributed by atoms with Crippen LogP contribution in [0.3, 0.4) is 0 Å². The predicted molar refractivity (Wildman–Crippen MR) is 70.5 cm³/mol. The number of hydrogen-bond donors (Lipinski definition) is 1. The fraction of sp³-hybridized carbons (Fsp3) is 0.286. The van der Waals surface area contributed by atoms with Gasteiger partial charge < -0.3 is 5.73 Å². The number of benzene rings is 1. The third kappa shape index (κ3) is 2.65. The second-order valence-corrected chi connectivity index (χ2v) is 4.29. The van der Waals surface area contributed by atoms with Gasteiger partial charge in [-0.1, -0.05) is 24.3 Å². The lowest BCUT2D eigenvalue weighted by Crippen LogP contribution is -2.17. The maximum atomic E-state index is 12.2. The molecule has 0 fully saturated rings. The Balaban J connectivity index is 2.17. The van der Waals surface area contributed by atoms with Crippen LogP contribution in [0, 0.1) is 6.92 Å². The first-order valence-electron chi connectivity index (χ1n) is 6.01. The Morgan fingerprint density at radius 3 is 2.89 bits per heavy atom. The molecule has 2 N–H and O–H groups in total. The van der Waals surface area contributed by atoms with E-state index in [4.69, 9.17) is 5.73 Å². The van der Waals surface area contributed by atoms with Crippen LogP contribution in [0.1, 0.15) is 21.6 Å². The van der Waals surface area contributed by atoms with Gasteiger partial charge >= 0.3 is 0 Å². The van der Waals surface area contributed by atoms with E-state index in [2.05, 4.69) is 4.98 Å². The molecule has 1 aromatic heterocycles. The highest BCUT2D eigenvalue weighted by atomic mass is 16.2. The van der Waals surface area contributed by atoms with Crippen LogP contribution in [-0.4, -0.2) is 22.0 Å². The second kappa shape index (κ2) is 5.60. The van der Waals surface area contributed by atoms with Crippen molar-refractivity contribution in [2.24, 2.45) is 5.73 Å². The largest absolute Gasteiger partial charge is 0.330 e. The molecule has 1 heterocycles. The maximum absolute atomic E-state index is 12.2. The number of nitrogens with zero attached hydrogens (tertiary/aromatic N) is 2. The molecule has 0 aliphatic heterocycles. The zero-order valence-corrected chi connectivity index (χ0v) is 10.5. The van der Waals surface area contributed by atoms with Crippen molar-refractivity contribution in [1.29, 1.82) is 0 Å². The van der Waals surface area contributed by atoms with E-state index in [0.29, 0.717) is 19.4 Å². The molecule has 0 saturated carbocycles. The molecular formula is C14H17N3O. The van der Waals surface area contributed by atoms with Crippen molar-refractivity contribution in [3.63, 3.8) is 0 Å². The van der Waals surface area contributed by atoms with E-state index >= 15 is 0 Å². The topological polar surface area (TPSA) is 60.9 Å². The van der Waals surface area contributed by atoms with Crippen molar-refractivity contribution < 1.29 is 4.79 Å². The van der Waals surface area contributed by atoms with Crippen LogP contribution in [0.15, 0.2) is 36.8 Å². The van der Waals surface area contributed by atoms with Gasteiger partial charge in [0.25, 0.3) is 0 Å². The number of nitrogens with two attached hydrogens (primary N) is 1. The van der Waals surface area contributed by atoms with E-state index in [0.717, 1.165) is 16.8 Å². The lowest BCUT2D eigenvalue weighted by atomic mass is 10.1. The van der Waals surface area contributed by atoms with Gasteiger partial charge in [-0.15, -0.1) is 0 Å². The Kier molecular flexibility index (Phi) is 3.89. The lowest BCUT2D eigenvalue weighted by molar-refractivity contribution is 0.0910. The Morgan fingerprint density at radius 2 is 2.17 bits per heavy atom. The van der Waals surface area contributed by atoms with Gasteiger partial charge in [0.05, 0.1) is 6.42 Å². The molecule has 0 unspecified atom stereocenters. The number of aryl methyl sites for hydroxylation is 1. The summed E-state index contributed by atoms with van der Waals surface area (Å²) in [5.41, 5.74) is 8.57. The smallest absolute Gasteiger partial charge is 0.236 e. The molecule has 94 valence electrons. The summed E-state index contributed by atoms with van der Waals surface area (Å²) in [4.78, 5) is 16.2. The van der Waals surface area contributed by atoms with Gasteiger partial charge in [-0.25, -0.2) is 4.98 Å². The number of hydrogen-bond acceptors (Lipinski definition) is 3. The molecule has 4 heteroatoms. The van der Waals surface area contributed by atoms with Crippen LogP contribution < -0.4 is 5.73 Å². The van der Waals surface area contributed by atoms with Gasteiger partial charge in [-0.2, -0.15) is 0 Å². The first kappa shape index (κ1) is 12.5. The van der Waals surface area contributed by atoms with Gasteiger partial charge in [-0.3, -0.25) is 9.36 Å².